The average Bonchev–Trinajstić information content (AvgIpc) is 3.38. The Labute approximate surface area is 337 Å². The number of hydrogen-bond acceptors (Lipinski definition) is 9. The number of esters is 1. The number of carbonyl (C=O) groups is 3. The molecule has 0 spiro atoms. The van der Waals surface area contributed by atoms with Crippen molar-refractivity contribution in [2.75, 3.05) is 38.9 Å². The largest absolute Gasteiger partial charge is 0.573 e. The summed E-state index contributed by atoms with van der Waals surface area (Å²) in [5, 5.41) is 2.36. The minimum absolute atomic E-state index is 0.0106. The fourth-order valence-electron chi connectivity index (χ4n) is 7.29. The van der Waals surface area contributed by atoms with Crippen LogP contribution in [0.3, 0.4) is 0 Å². The van der Waals surface area contributed by atoms with Gasteiger partial charge in [0.15, 0.2) is 5.75 Å². The standard InChI is InChI=1S/C40H44Cl2F5NO9/c1-22(56-37(51)54-17-16-53-15-14-52-6)55-36(50)23-10-13-31(32(18-23)57-40(45,46)47)48-35(49)27-19-24(21-38(2,3)4)39(5,28-12-11-25(41)20-30(28)43)33(27)26-8-7-9-29(42)34(26)44/h7-13,18,20,22,24,27,33H,14-17,19,21H2,1-6H3,(H,48,49)/t22?,24-,27+,33-,39+/m0/s1. The lowest BCUT2D eigenvalue weighted by molar-refractivity contribution is -0.274. The number of carbonyl (C=O) groups excluding carboxylic acids is 3. The molecule has 5 atom stereocenters. The third-order valence-electron chi connectivity index (χ3n) is 9.57. The molecule has 0 heterocycles. The molecule has 0 aliphatic heterocycles. The zero-order valence-corrected chi connectivity index (χ0v) is 33.6. The van der Waals surface area contributed by atoms with E-state index in [-0.39, 0.29) is 52.8 Å². The number of halogens is 7. The molecule has 10 nitrogen and oxygen atoms in total. The smallest absolute Gasteiger partial charge is 0.432 e. The highest BCUT2D eigenvalue weighted by Crippen LogP contribution is 2.61. The van der Waals surface area contributed by atoms with Gasteiger partial charge in [-0.1, -0.05) is 69.1 Å². The van der Waals surface area contributed by atoms with E-state index in [1.165, 1.54) is 44.4 Å². The van der Waals surface area contributed by atoms with Crippen molar-refractivity contribution in [2.24, 2.45) is 17.3 Å². The quantitative estimate of drug-likeness (QED) is 0.0690. The van der Waals surface area contributed by atoms with Crippen molar-refractivity contribution < 1.29 is 64.8 Å². The van der Waals surface area contributed by atoms with Gasteiger partial charge in [-0.15, -0.1) is 13.2 Å². The first-order valence-corrected chi connectivity index (χ1v) is 18.6. The van der Waals surface area contributed by atoms with E-state index in [1.54, 1.807) is 6.92 Å². The van der Waals surface area contributed by atoms with Gasteiger partial charge in [0.1, 0.15) is 18.2 Å². The summed E-state index contributed by atoms with van der Waals surface area (Å²) in [7, 11) is 1.49. The van der Waals surface area contributed by atoms with Gasteiger partial charge in [-0.25, -0.2) is 18.4 Å². The highest BCUT2D eigenvalue weighted by molar-refractivity contribution is 6.31. The molecule has 3 aromatic carbocycles. The molecule has 4 rings (SSSR count). The van der Waals surface area contributed by atoms with Crippen LogP contribution in [-0.2, 0) is 33.9 Å². The second kappa shape index (κ2) is 19.0. The number of methoxy groups -OCH3 is 1. The molecule has 1 fully saturated rings. The summed E-state index contributed by atoms with van der Waals surface area (Å²) in [5.41, 5.74) is -2.40. The van der Waals surface area contributed by atoms with E-state index < -0.39 is 82.5 Å². The second-order valence-electron chi connectivity index (χ2n) is 14.9. The Kier molecular flexibility index (Phi) is 15.2. The van der Waals surface area contributed by atoms with Crippen LogP contribution in [0, 0.1) is 28.9 Å². The van der Waals surface area contributed by atoms with Crippen LogP contribution < -0.4 is 10.1 Å². The Bertz CT molecular complexity index is 1910. The van der Waals surface area contributed by atoms with Gasteiger partial charge in [0.2, 0.25) is 12.2 Å². The van der Waals surface area contributed by atoms with E-state index in [2.05, 4.69) is 10.1 Å². The minimum Gasteiger partial charge on any atom is -0.432 e. The van der Waals surface area contributed by atoms with E-state index in [9.17, 15) is 27.6 Å². The maximum atomic E-state index is 16.0. The number of ether oxygens (including phenoxy) is 6. The Hall–Kier alpha value is -4.18. The summed E-state index contributed by atoms with van der Waals surface area (Å²) in [6.45, 7) is 9.24. The molecule has 0 saturated heterocycles. The van der Waals surface area contributed by atoms with Gasteiger partial charge < -0.3 is 33.7 Å². The lowest BCUT2D eigenvalue weighted by atomic mass is 9.62. The summed E-state index contributed by atoms with van der Waals surface area (Å²) in [6, 6.07) is 11.1. The number of benzene rings is 3. The van der Waals surface area contributed by atoms with E-state index in [0.29, 0.717) is 19.1 Å². The van der Waals surface area contributed by atoms with Gasteiger partial charge in [0.05, 0.1) is 36.1 Å². The predicted molar refractivity (Wildman–Crippen MR) is 200 cm³/mol. The summed E-state index contributed by atoms with van der Waals surface area (Å²) in [4.78, 5) is 39.3. The van der Waals surface area contributed by atoms with Crippen molar-refractivity contribution in [3.8, 4) is 5.75 Å². The first-order valence-electron chi connectivity index (χ1n) is 17.9. The van der Waals surface area contributed by atoms with E-state index in [4.69, 9.17) is 46.9 Å². The summed E-state index contributed by atoms with van der Waals surface area (Å²) < 4.78 is 102. The normalized spacial score (nSPS) is 20.1. The molecule has 1 N–H and O–H groups in total. The number of amides is 1. The van der Waals surface area contributed by atoms with E-state index in [1.807, 2.05) is 20.8 Å². The van der Waals surface area contributed by atoms with Crippen LogP contribution in [-0.4, -0.2) is 64.2 Å². The molecule has 0 bridgehead atoms. The number of nitrogens with one attached hydrogen (secondary N) is 1. The Balaban J connectivity index is 1.66. The number of anilines is 1. The zero-order valence-electron chi connectivity index (χ0n) is 32.1. The lowest BCUT2D eigenvalue weighted by Gasteiger charge is -2.41. The van der Waals surface area contributed by atoms with E-state index in [0.717, 1.165) is 18.2 Å². The van der Waals surface area contributed by atoms with Gasteiger partial charge in [0, 0.05) is 36.3 Å². The molecule has 0 radical (unpaired) electrons. The van der Waals surface area contributed by atoms with Gasteiger partial charge in [-0.05, 0) is 71.7 Å². The molecule has 312 valence electrons. The molecular weight excluding hydrogens is 804 g/mol. The van der Waals surface area contributed by atoms with Crippen LogP contribution in [0.15, 0.2) is 54.6 Å². The molecule has 0 aromatic heterocycles. The predicted octanol–water partition coefficient (Wildman–Crippen LogP) is 10.2. The monoisotopic (exact) mass is 847 g/mol. The third kappa shape index (κ3) is 11.9. The maximum absolute atomic E-state index is 16.0. The highest BCUT2D eigenvalue weighted by Gasteiger charge is 2.57. The summed E-state index contributed by atoms with van der Waals surface area (Å²) in [6.07, 6.45) is -7.50. The van der Waals surface area contributed by atoms with Gasteiger partial charge in [-0.2, -0.15) is 0 Å². The average molecular weight is 849 g/mol. The molecule has 1 saturated carbocycles. The molecular formula is C40H44Cl2F5NO9. The second-order valence-corrected chi connectivity index (χ2v) is 15.7. The fourth-order valence-corrected chi connectivity index (χ4v) is 7.63. The third-order valence-corrected chi connectivity index (χ3v) is 10.1. The Morgan fingerprint density at radius 3 is 2.30 bits per heavy atom. The lowest BCUT2D eigenvalue weighted by Crippen LogP contribution is -2.38. The van der Waals surface area contributed by atoms with Crippen LogP contribution in [0.2, 0.25) is 10.0 Å². The molecule has 1 amide bonds. The zero-order chi connectivity index (χ0) is 42.3. The molecule has 17 heteroatoms. The SMILES string of the molecule is COCCOCCOC(=O)OC(C)OC(=O)c1ccc(NC(=O)[C@@H]2C[C@@H](CC(C)(C)C)[C@](C)(c3ccc(Cl)cc3F)[C@H]2c2cccc(Cl)c2F)c(OC(F)(F)F)c1. The molecule has 57 heavy (non-hydrogen) atoms. The maximum Gasteiger partial charge on any atom is 0.573 e. The van der Waals surface area contributed by atoms with Crippen molar-refractivity contribution in [2.45, 2.75) is 71.4 Å². The van der Waals surface area contributed by atoms with Crippen LogP contribution in [0.1, 0.15) is 74.9 Å². The highest BCUT2D eigenvalue weighted by atomic mass is 35.5. The van der Waals surface area contributed by atoms with Gasteiger partial charge in [-0.3, -0.25) is 4.79 Å². The first-order chi connectivity index (χ1) is 26.6. The number of hydrogen-bond donors (Lipinski definition) is 1. The summed E-state index contributed by atoms with van der Waals surface area (Å²) >= 11 is 12.4. The first kappa shape index (κ1) is 45.5. The van der Waals surface area contributed by atoms with Crippen LogP contribution >= 0.6 is 23.2 Å². The van der Waals surface area contributed by atoms with Crippen molar-refractivity contribution in [1.29, 1.82) is 0 Å². The van der Waals surface area contributed by atoms with Gasteiger partial charge in [0.25, 0.3) is 0 Å². The molecule has 1 aliphatic rings. The topological polar surface area (TPSA) is 119 Å². The molecule has 3 aromatic rings. The van der Waals surface area contributed by atoms with Crippen LogP contribution in [0.25, 0.3) is 0 Å². The molecule has 1 aliphatic carbocycles. The van der Waals surface area contributed by atoms with Crippen molar-refractivity contribution in [3.63, 3.8) is 0 Å². The van der Waals surface area contributed by atoms with Crippen molar-refractivity contribution in [1.82, 2.24) is 0 Å². The number of alkyl halides is 3. The van der Waals surface area contributed by atoms with Crippen LogP contribution in [0.4, 0.5) is 32.4 Å². The van der Waals surface area contributed by atoms with Crippen LogP contribution in [0.5, 0.6) is 5.75 Å². The van der Waals surface area contributed by atoms with Crippen molar-refractivity contribution in [3.05, 3.63) is 93.0 Å². The summed E-state index contributed by atoms with van der Waals surface area (Å²) in [5.74, 6) is -7.23. The number of rotatable bonds is 15. The minimum atomic E-state index is -5.28. The fraction of sp³-hybridized carbons (Fsp3) is 0.475. The van der Waals surface area contributed by atoms with Gasteiger partial charge >= 0.3 is 18.5 Å². The molecule has 1 unspecified atom stereocenters. The Morgan fingerprint density at radius 2 is 1.65 bits per heavy atom. The Morgan fingerprint density at radius 1 is 0.947 bits per heavy atom. The van der Waals surface area contributed by atoms with Crippen molar-refractivity contribution >= 4 is 46.9 Å². The van der Waals surface area contributed by atoms with E-state index >= 15 is 8.78 Å².